The smallest absolute Gasteiger partial charge is 0.251 e. The van der Waals surface area contributed by atoms with Crippen molar-refractivity contribution in [3.63, 3.8) is 0 Å². The van der Waals surface area contributed by atoms with Crippen LogP contribution in [0.15, 0.2) is 60.8 Å². The molecule has 7 heteroatoms. The quantitative estimate of drug-likeness (QED) is 0.391. The van der Waals surface area contributed by atoms with Gasteiger partial charge in [0.2, 0.25) is 0 Å². The maximum absolute atomic E-state index is 12.9. The Morgan fingerprint density at radius 2 is 1.78 bits per heavy atom. The first-order chi connectivity index (χ1) is 17.6. The summed E-state index contributed by atoms with van der Waals surface area (Å²) in [5, 5.41) is 3.03. The number of hydrogen-bond acceptors (Lipinski definition) is 6. The van der Waals surface area contributed by atoms with Crippen LogP contribution < -0.4 is 10.2 Å². The van der Waals surface area contributed by atoms with Gasteiger partial charge in [-0.15, -0.1) is 0 Å². The van der Waals surface area contributed by atoms with Crippen LogP contribution in [0.4, 0.5) is 5.82 Å². The number of aromatic nitrogens is 3. The SMILES string of the molecule is Cc1ccc(-c2nc3cc(C(=O)NCCCc4ccc(C)nc4)ccc3nc2N2CCOCC2)cc1. The van der Waals surface area contributed by atoms with E-state index in [1.54, 1.807) is 0 Å². The van der Waals surface area contributed by atoms with Crippen LogP contribution in [0.1, 0.15) is 33.6 Å². The first-order valence-corrected chi connectivity index (χ1v) is 12.5. The number of amides is 1. The maximum atomic E-state index is 12.9. The highest BCUT2D eigenvalue weighted by atomic mass is 16.5. The highest BCUT2D eigenvalue weighted by Crippen LogP contribution is 2.30. The molecule has 36 heavy (non-hydrogen) atoms. The van der Waals surface area contributed by atoms with Crippen LogP contribution in [0.5, 0.6) is 0 Å². The van der Waals surface area contributed by atoms with Gasteiger partial charge in [-0.05, 0) is 56.5 Å². The monoisotopic (exact) mass is 481 g/mol. The average molecular weight is 482 g/mol. The van der Waals surface area contributed by atoms with Crippen LogP contribution in [0.3, 0.4) is 0 Å². The summed E-state index contributed by atoms with van der Waals surface area (Å²) in [6, 6.07) is 18.0. The molecule has 5 rings (SSSR count). The number of ether oxygens (including phenoxy) is 1. The maximum Gasteiger partial charge on any atom is 0.251 e. The predicted molar refractivity (Wildman–Crippen MR) is 142 cm³/mol. The van der Waals surface area contributed by atoms with Crippen LogP contribution in [-0.4, -0.2) is 53.7 Å². The average Bonchev–Trinajstić information content (AvgIpc) is 2.92. The van der Waals surface area contributed by atoms with Crippen molar-refractivity contribution in [2.75, 3.05) is 37.7 Å². The van der Waals surface area contributed by atoms with E-state index in [1.807, 2.05) is 37.4 Å². The zero-order valence-corrected chi connectivity index (χ0v) is 20.8. The Morgan fingerprint density at radius 3 is 2.53 bits per heavy atom. The molecule has 0 atom stereocenters. The molecule has 0 saturated carbocycles. The molecule has 0 unspecified atom stereocenters. The number of carbonyl (C=O) groups is 1. The van der Waals surface area contributed by atoms with Crippen LogP contribution in [0.2, 0.25) is 0 Å². The van der Waals surface area contributed by atoms with Crippen molar-refractivity contribution in [1.29, 1.82) is 0 Å². The van der Waals surface area contributed by atoms with Gasteiger partial charge in [0.05, 0.1) is 24.2 Å². The van der Waals surface area contributed by atoms with Crippen LogP contribution in [-0.2, 0) is 11.2 Å². The molecule has 7 nitrogen and oxygen atoms in total. The van der Waals surface area contributed by atoms with E-state index in [2.05, 4.69) is 52.5 Å². The lowest BCUT2D eigenvalue weighted by atomic mass is 10.1. The number of nitrogens with one attached hydrogen (secondary N) is 1. The van der Waals surface area contributed by atoms with Crippen LogP contribution >= 0.6 is 0 Å². The second kappa shape index (κ2) is 10.8. The van der Waals surface area contributed by atoms with E-state index in [-0.39, 0.29) is 5.91 Å². The fourth-order valence-electron chi connectivity index (χ4n) is 4.33. The van der Waals surface area contributed by atoms with Crippen molar-refractivity contribution in [3.8, 4) is 11.3 Å². The van der Waals surface area contributed by atoms with Gasteiger partial charge in [0.15, 0.2) is 5.82 Å². The standard InChI is InChI=1S/C29H31N5O2/c1-20-5-9-23(10-6-20)27-28(34-14-16-36-17-15-34)33-25-12-11-24(18-26(25)32-27)29(35)30-13-3-4-22-8-7-21(2)31-19-22/h5-12,18-19H,3-4,13-17H2,1-2H3,(H,30,35). The van der Waals surface area contributed by atoms with Crippen LogP contribution in [0, 0.1) is 13.8 Å². The first kappa shape index (κ1) is 23.9. The summed E-state index contributed by atoms with van der Waals surface area (Å²) in [5.41, 5.74) is 7.28. The number of carbonyl (C=O) groups excluding carboxylic acids is 1. The summed E-state index contributed by atoms with van der Waals surface area (Å²) in [6.45, 7) is 7.54. The Balaban J connectivity index is 1.36. The summed E-state index contributed by atoms with van der Waals surface area (Å²) in [7, 11) is 0. The number of rotatable bonds is 7. The minimum absolute atomic E-state index is 0.102. The largest absolute Gasteiger partial charge is 0.378 e. The van der Waals surface area contributed by atoms with Gasteiger partial charge in [0.25, 0.3) is 5.91 Å². The number of morpholine rings is 1. The van der Waals surface area contributed by atoms with E-state index in [1.165, 1.54) is 11.1 Å². The molecule has 2 aromatic carbocycles. The number of aryl methyl sites for hydroxylation is 3. The zero-order valence-electron chi connectivity index (χ0n) is 20.8. The van der Waals surface area contributed by atoms with Gasteiger partial charge in [-0.1, -0.05) is 35.9 Å². The van der Waals surface area contributed by atoms with Gasteiger partial charge >= 0.3 is 0 Å². The number of benzene rings is 2. The molecule has 0 spiro atoms. The summed E-state index contributed by atoms with van der Waals surface area (Å²) in [6.07, 6.45) is 3.63. The summed E-state index contributed by atoms with van der Waals surface area (Å²) in [4.78, 5) is 29.4. The van der Waals surface area contributed by atoms with Crippen molar-refractivity contribution < 1.29 is 9.53 Å². The first-order valence-electron chi connectivity index (χ1n) is 12.5. The van der Waals surface area contributed by atoms with Gasteiger partial charge in [-0.3, -0.25) is 9.78 Å². The normalized spacial score (nSPS) is 13.7. The molecule has 1 fully saturated rings. The number of pyridine rings is 1. The lowest BCUT2D eigenvalue weighted by Gasteiger charge is -2.29. The number of hydrogen-bond donors (Lipinski definition) is 1. The fraction of sp³-hybridized carbons (Fsp3) is 0.310. The molecule has 1 aliphatic heterocycles. The Morgan fingerprint density at radius 1 is 0.972 bits per heavy atom. The number of fused-ring (bicyclic) bond motifs is 1. The van der Waals surface area contributed by atoms with Gasteiger partial charge in [0.1, 0.15) is 5.69 Å². The molecule has 1 amide bonds. The topological polar surface area (TPSA) is 80.2 Å². The molecular formula is C29H31N5O2. The molecular weight excluding hydrogens is 450 g/mol. The molecule has 0 radical (unpaired) electrons. The van der Waals surface area contributed by atoms with E-state index in [0.717, 1.165) is 54.2 Å². The highest BCUT2D eigenvalue weighted by molar-refractivity contribution is 5.98. The van der Waals surface area contributed by atoms with Gasteiger partial charge in [0, 0.05) is 42.7 Å². The van der Waals surface area contributed by atoms with Crippen molar-refractivity contribution in [2.45, 2.75) is 26.7 Å². The molecule has 0 bridgehead atoms. The molecule has 0 aliphatic carbocycles. The Hall–Kier alpha value is -3.84. The molecule has 1 saturated heterocycles. The fourth-order valence-corrected chi connectivity index (χ4v) is 4.33. The van der Waals surface area contributed by atoms with Crippen molar-refractivity contribution in [2.24, 2.45) is 0 Å². The van der Waals surface area contributed by atoms with E-state index in [4.69, 9.17) is 14.7 Å². The molecule has 2 aromatic heterocycles. The Labute approximate surface area is 211 Å². The minimum Gasteiger partial charge on any atom is -0.378 e. The minimum atomic E-state index is -0.102. The second-order valence-electron chi connectivity index (χ2n) is 9.23. The molecule has 1 N–H and O–H groups in total. The van der Waals surface area contributed by atoms with Gasteiger partial charge in [-0.2, -0.15) is 0 Å². The number of anilines is 1. The number of nitrogens with zero attached hydrogens (tertiary/aromatic N) is 4. The predicted octanol–water partition coefficient (Wildman–Crippen LogP) is 4.51. The summed E-state index contributed by atoms with van der Waals surface area (Å²) in [5.74, 6) is 0.757. The lowest BCUT2D eigenvalue weighted by molar-refractivity contribution is 0.0953. The third-order valence-corrected chi connectivity index (χ3v) is 6.44. The van der Waals surface area contributed by atoms with Gasteiger partial charge < -0.3 is 15.0 Å². The zero-order chi connectivity index (χ0) is 24.9. The van der Waals surface area contributed by atoms with E-state index < -0.39 is 0 Å². The van der Waals surface area contributed by atoms with E-state index in [0.29, 0.717) is 30.8 Å². The second-order valence-corrected chi connectivity index (χ2v) is 9.23. The summed E-state index contributed by atoms with van der Waals surface area (Å²) >= 11 is 0. The highest BCUT2D eigenvalue weighted by Gasteiger charge is 2.20. The molecule has 184 valence electrons. The molecule has 1 aliphatic rings. The van der Waals surface area contributed by atoms with Crippen LogP contribution in [0.25, 0.3) is 22.3 Å². The van der Waals surface area contributed by atoms with Gasteiger partial charge in [-0.25, -0.2) is 9.97 Å². The van der Waals surface area contributed by atoms with Crippen molar-refractivity contribution in [1.82, 2.24) is 20.3 Å². The lowest BCUT2D eigenvalue weighted by Crippen LogP contribution is -2.37. The van der Waals surface area contributed by atoms with E-state index in [9.17, 15) is 4.79 Å². The molecule has 3 heterocycles. The van der Waals surface area contributed by atoms with E-state index >= 15 is 0 Å². The van der Waals surface area contributed by atoms with Crippen molar-refractivity contribution >= 4 is 22.8 Å². The summed E-state index contributed by atoms with van der Waals surface area (Å²) < 4.78 is 5.54. The third-order valence-electron chi connectivity index (χ3n) is 6.44. The Kier molecular flexibility index (Phi) is 7.18. The third kappa shape index (κ3) is 5.52. The Bertz CT molecular complexity index is 1350. The van der Waals surface area contributed by atoms with Crippen molar-refractivity contribution in [3.05, 3.63) is 83.2 Å². The molecule has 4 aromatic rings.